The minimum Gasteiger partial charge on any atom is -0.169 e. The Hall–Kier alpha value is 1.78. The van der Waals surface area contributed by atoms with E-state index < -0.39 is 0 Å². The predicted octanol–water partition coefficient (Wildman–Crippen LogP) is 3.28. The first-order valence-electron chi connectivity index (χ1n) is 3.05. The molecule has 0 aliphatic rings. The van der Waals surface area contributed by atoms with Gasteiger partial charge in [-0.1, -0.05) is 36.4 Å². The van der Waals surface area contributed by atoms with Gasteiger partial charge in [0.2, 0.25) is 0 Å². The summed E-state index contributed by atoms with van der Waals surface area (Å²) in [4.78, 5) is 0. The number of thiol groups is 3. The summed E-state index contributed by atoms with van der Waals surface area (Å²) in [7, 11) is 0. The monoisotopic (exact) mass is 308 g/mol. The minimum atomic E-state index is -0.359. The molecule has 0 aliphatic carbocycles. The average Bonchev–Trinajstić information content (AvgIpc) is 1.62. The van der Waals surface area contributed by atoms with Crippen molar-refractivity contribution in [3.63, 3.8) is 0 Å². The van der Waals surface area contributed by atoms with Crippen LogP contribution in [0.25, 0.3) is 0 Å². The van der Waals surface area contributed by atoms with Crippen LogP contribution in [0.2, 0.25) is 0 Å². The van der Waals surface area contributed by atoms with E-state index in [-0.39, 0.29) is 6.83 Å². The molecule has 0 heterocycles. The Bertz CT molecular complexity index is 115. The maximum atomic E-state index is 4.50. The van der Waals surface area contributed by atoms with E-state index in [1.54, 1.807) is 0 Å². The predicted molar refractivity (Wildman–Crippen MR) is 67.0 cm³/mol. The second kappa shape index (κ2) is 3.66. The maximum absolute atomic E-state index is 4.50. The molecule has 4 heteroatoms. The normalized spacial score (nSPS) is 19.2. The van der Waals surface area contributed by atoms with Gasteiger partial charge in [-0.25, -0.2) is 0 Å². The Morgan fingerprint density at radius 3 is 1.50 bits per heavy atom. The SMILES string of the molecule is CC(C)C(C)(S)C(S)(S)I. The van der Waals surface area contributed by atoms with E-state index in [1.807, 2.05) is 6.92 Å². The molecule has 0 N–H and O–H groups in total. The molecule has 0 aromatic heterocycles. The summed E-state index contributed by atoms with van der Waals surface area (Å²) in [6, 6.07) is 0. The van der Waals surface area contributed by atoms with Gasteiger partial charge in [-0.2, -0.15) is 37.9 Å². The first kappa shape index (κ1) is 11.8. The number of rotatable bonds is 2. The molecule has 0 saturated carbocycles. The van der Waals surface area contributed by atoms with Crippen LogP contribution in [0.5, 0.6) is 0 Å². The third kappa shape index (κ3) is 2.68. The lowest BCUT2D eigenvalue weighted by Crippen LogP contribution is -2.38. The fourth-order valence-corrected chi connectivity index (χ4v) is 1.51. The van der Waals surface area contributed by atoms with E-state index in [0.29, 0.717) is 5.92 Å². The zero-order chi connectivity index (χ0) is 8.58. The third-order valence-electron chi connectivity index (χ3n) is 1.77. The van der Waals surface area contributed by atoms with Crippen molar-refractivity contribution in [1.29, 1.82) is 0 Å². The Balaban J connectivity index is 4.40. The highest BCUT2D eigenvalue weighted by molar-refractivity contribution is 14.1. The van der Waals surface area contributed by atoms with Crippen LogP contribution in [0.15, 0.2) is 0 Å². The van der Waals surface area contributed by atoms with Crippen molar-refractivity contribution in [1.82, 2.24) is 0 Å². The second-order valence-corrected chi connectivity index (χ2v) is 8.84. The lowest BCUT2D eigenvalue weighted by Gasteiger charge is -2.37. The summed E-state index contributed by atoms with van der Waals surface area (Å²) in [6.07, 6.45) is 0. The number of hydrogen-bond donors (Lipinski definition) is 3. The van der Waals surface area contributed by atoms with Crippen molar-refractivity contribution in [2.75, 3.05) is 0 Å². The molecule has 0 spiro atoms. The van der Waals surface area contributed by atoms with Gasteiger partial charge in [0.25, 0.3) is 0 Å². The van der Waals surface area contributed by atoms with Crippen molar-refractivity contribution >= 4 is 60.5 Å². The molecule has 0 fully saturated rings. The third-order valence-corrected chi connectivity index (χ3v) is 5.45. The van der Waals surface area contributed by atoms with Crippen molar-refractivity contribution in [2.45, 2.75) is 27.6 Å². The lowest BCUT2D eigenvalue weighted by atomic mass is 9.99. The molecule has 62 valence electrons. The highest BCUT2D eigenvalue weighted by Gasteiger charge is 2.40. The molecule has 0 aromatic carbocycles. The molecule has 0 bridgehead atoms. The van der Waals surface area contributed by atoms with Gasteiger partial charge in [-0.15, -0.1) is 0 Å². The van der Waals surface area contributed by atoms with Crippen LogP contribution in [0.4, 0.5) is 0 Å². The van der Waals surface area contributed by atoms with E-state index in [1.165, 1.54) is 0 Å². The molecule has 0 radical (unpaired) electrons. The molecule has 1 unspecified atom stereocenters. The van der Waals surface area contributed by atoms with Gasteiger partial charge in [-0.05, 0) is 12.8 Å². The molecular weight excluding hydrogens is 295 g/mol. The molecule has 0 aliphatic heterocycles. The van der Waals surface area contributed by atoms with Crippen LogP contribution in [0.3, 0.4) is 0 Å². The van der Waals surface area contributed by atoms with Crippen molar-refractivity contribution in [2.24, 2.45) is 5.92 Å². The largest absolute Gasteiger partial charge is 0.169 e. The lowest BCUT2D eigenvalue weighted by molar-refractivity contribution is 0.497. The molecule has 1 atom stereocenters. The highest BCUT2D eigenvalue weighted by atomic mass is 127. The van der Waals surface area contributed by atoms with Crippen molar-refractivity contribution < 1.29 is 0 Å². The van der Waals surface area contributed by atoms with Crippen LogP contribution in [-0.2, 0) is 0 Å². The van der Waals surface area contributed by atoms with Gasteiger partial charge in [0.1, 0.15) is 2.09 Å². The van der Waals surface area contributed by atoms with Crippen LogP contribution in [0, 0.1) is 5.92 Å². The molecule has 0 aromatic rings. The highest BCUT2D eigenvalue weighted by Crippen LogP contribution is 2.47. The fraction of sp³-hybridized carbons (Fsp3) is 1.00. The van der Waals surface area contributed by atoms with E-state index in [9.17, 15) is 0 Å². The van der Waals surface area contributed by atoms with Gasteiger partial charge >= 0.3 is 0 Å². The summed E-state index contributed by atoms with van der Waals surface area (Å²) in [5, 5.41) is 0. The molecule has 0 rings (SSSR count). The summed E-state index contributed by atoms with van der Waals surface area (Å²) >= 11 is 15.4. The molecular formula is C6H13IS3. The number of alkyl halides is 1. The quantitative estimate of drug-likeness (QED) is 0.296. The Morgan fingerprint density at radius 1 is 1.20 bits per heavy atom. The Labute approximate surface area is 93.3 Å². The smallest absolute Gasteiger partial charge is 0.121 e. The molecule has 0 nitrogen and oxygen atoms in total. The van der Waals surface area contributed by atoms with Crippen LogP contribution in [-0.4, -0.2) is 6.83 Å². The first-order chi connectivity index (χ1) is 4.19. The average molecular weight is 308 g/mol. The van der Waals surface area contributed by atoms with Gasteiger partial charge in [-0.3, -0.25) is 0 Å². The number of halogens is 1. The number of hydrogen-bond acceptors (Lipinski definition) is 3. The standard InChI is InChI=1S/C6H13IS3/c1-4(2)5(3,8)6(7,9)10/h4,8-10H,1-3H3. The van der Waals surface area contributed by atoms with Crippen LogP contribution >= 0.6 is 60.5 Å². The van der Waals surface area contributed by atoms with E-state index >= 15 is 0 Å². The minimum absolute atomic E-state index is 0.153. The fourth-order valence-electron chi connectivity index (χ4n) is 0.367. The molecule has 10 heavy (non-hydrogen) atoms. The summed E-state index contributed by atoms with van der Waals surface area (Å²) < 4.78 is -0.512. The zero-order valence-electron chi connectivity index (χ0n) is 6.30. The van der Waals surface area contributed by atoms with E-state index in [4.69, 9.17) is 0 Å². The van der Waals surface area contributed by atoms with Crippen molar-refractivity contribution in [3.8, 4) is 0 Å². The summed E-state index contributed by atoms with van der Waals surface area (Å²) in [6.45, 7) is 6.28. The van der Waals surface area contributed by atoms with Gasteiger partial charge in [0.15, 0.2) is 0 Å². The molecule has 0 amide bonds. The van der Waals surface area contributed by atoms with Gasteiger partial charge in [0, 0.05) is 4.75 Å². The zero-order valence-corrected chi connectivity index (χ0v) is 11.1. The van der Waals surface area contributed by atoms with E-state index in [2.05, 4.69) is 74.3 Å². The van der Waals surface area contributed by atoms with Crippen molar-refractivity contribution in [3.05, 3.63) is 0 Å². The summed E-state index contributed by atoms with van der Waals surface area (Å²) in [5.74, 6) is 0.461. The van der Waals surface area contributed by atoms with Crippen LogP contribution in [0.1, 0.15) is 20.8 Å². The Kier molecular flexibility index (Phi) is 4.31. The first-order valence-corrected chi connectivity index (χ1v) is 5.47. The van der Waals surface area contributed by atoms with Gasteiger partial charge in [0.05, 0.1) is 0 Å². The maximum Gasteiger partial charge on any atom is 0.121 e. The molecule has 0 saturated heterocycles. The van der Waals surface area contributed by atoms with Gasteiger partial charge < -0.3 is 0 Å². The Morgan fingerprint density at radius 2 is 1.50 bits per heavy atom. The van der Waals surface area contributed by atoms with Crippen LogP contribution < -0.4 is 0 Å². The second-order valence-electron chi connectivity index (χ2n) is 2.89. The van der Waals surface area contributed by atoms with E-state index in [0.717, 1.165) is 0 Å². The summed E-state index contributed by atoms with van der Waals surface area (Å²) in [5.41, 5.74) is 0. The topological polar surface area (TPSA) is 0 Å².